The Morgan fingerprint density at radius 2 is 1.79 bits per heavy atom. The van der Waals surface area contributed by atoms with Gasteiger partial charge in [-0.25, -0.2) is 9.79 Å². The molecule has 176 valence electrons. The van der Waals surface area contributed by atoms with Crippen molar-refractivity contribution in [1.82, 2.24) is 10.6 Å². The lowest BCUT2D eigenvalue weighted by Crippen LogP contribution is -2.55. The second-order valence-corrected chi connectivity index (χ2v) is 7.33. The molecule has 0 aliphatic rings. The molecule has 3 atom stereocenters. The first kappa shape index (κ1) is 27.5. The normalized spacial score (nSPS) is 13.5. The van der Waals surface area contributed by atoms with Crippen molar-refractivity contribution in [2.45, 2.75) is 38.4 Å². The van der Waals surface area contributed by atoms with Crippen LogP contribution >= 0.6 is 0 Å². The molecule has 0 aliphatic carbocycles. The summed E-state index contributed by atoms with van der Waals surface area (Å²) in [6.07, 6.45) is 4.06. The minimum atomic E-state index is -1.04. The molecule has 0 fully saturated rings. The average molecular weight is 455 g/mol. The average Bonchev–Trinajstić information content (AvgIpc) is 2.81. The lowest BCUT2D eigenvalue weighted by Gasteiger charge is -2.25. The Morgan fingerprint density at radius 1 is 1.12 bits per heavy atom. The molecule has 2 radical (unpaired) electrons. The molecule has 1 aromatic rings. The second kappa shape index (κ2) is 14.5. The molecule has 1 rings (SSSR count). The van der Waals surface area contributed by atoms with E-state index in [0.29, 0.717) is 12.4 Å². The SMILES string of the molecule is [B]OC=N[C@@H](Cc1ccc(OCC=C)cc1)C(=O)N[C@H](C(=O)N[C@@H](C=C)C(=O)OC)C(C)C. The first-order chi connectivity index (χ1) is 15.8. The van der Waals surface area contributed by atoms with E-state index >= 15 is 0 Å². The molecule has 2 amide bonds. The zero-order valence-corrected chi connectivity index (χ0v) is 19.2. The highest BCUT2D eigenvalue weighted by Gasteiger charge is 2.30. The largest absolute Gasteiger partial charge is 0.560 e. The second-order valence-electron chi connectivity index (χ2n) is 7.33. The molecular weight excluding hydrogens is 425 g/mol. The number of nitrogens with one attached hydrogen (secondary N) is 2. The van der Waals surface area contributed by atoms with Crippen LogP contribution in [0.2, 0.25) is 0 Å². The fourth-order valence-electron chi connectivity index (χ4n) is 2.79. The molecule has 0 aliphatic heterocycles. The molecule has 0 heterocycles. The Kier molecular flexibility index (Phi) is 12.1. The van der Waals surface area contributed by atoms with E-state index in [1.807, 2.05) is 0 Å². The molecule has 0 saturated heterocycles. The summed E-state index contributed by atoms with van der Waals surface area (Å²) < 4.78 is 14.5. The summed E-state index contributed by atoms with van der Waals surface area (Å²) in [6.45, 7) is 11.0. The third-order valence-corrected chi connectivity index (χ3v) is 4.56. The van der Waals surface area contributed by atoms with E-state index in [9.17, 15) is 14.4 Å². The number of rotatable bonds is 14. The summed E-state index contributed by atoms with van der Waals surface area (Å²) in [5.41, 5.74) is 0.804. The topological polar surface area (TPSA) is 115 Å². The molecule has 9 nitrogen and oxygen atoms in total. The Hall–Kier alpha value is -3.56. The van der Waals surface area contributed by atoms with Crippen LogP contribution in [0.1, 0.15) is 19.4 Å². The zero-order valence-electron chi connectivity index (χ0n) is 19.2. The van der Waals surface area contributed by atoms with Gasteiger partial charge in [-0.1, -0.05) is 44.7 Å². The van der Waals surface area contributed by atoms with Gasteiger partial charge < -0.3 is 24.8 Å². The van der Waals surface area contributed by atoms with E-state index < -0.39 is 35.9 Å². The third kappa shape index (κ3) is 9.22. The molecule has 10 heteroatoms. The van der Waals surface area contributed by atoms with Crippen LogP contribution in [0.4, 0.5) is 0 Å². The van der Waals surface area contributed by atoms with Crippen molar-refractivity contribution >= 4 is 32.2 Å². The van der Waals surface area contributed by atoms with Crippen LogP contribution in [0.15, 0.2) is 54.6 Å². The summed E-state index contributed by atoms with van der Waals surface area (Å²) in [5.74, 6) is -1.37. The van der Waals surface area contributed by atoms with Crippen LogP contribution in [-0.4, -0.2) is 64.1 Å². The summed E-state index contributed by atoms with van der Waals surface area (Å²) in [7, 11) is 6.22. The number of benzene rings is 1. The van der Waals surface area contributed by atoms with Gasteiger partial charge in [0.15, 0.2) is 6.40 Å². The number of ether oxygens (including phenoxy) is 2. The van der Waals surface area contributed by atoms with Crippen LogP contribution in [0.5, 0.6) is 5.75 Å². The quantitative estimate of drug-likeness (QED) is 0.144. The Bertz CT molecular complexity index is 841. The highest BCUT2D eigenvalue weighted by molar-refractivity contribution is 6.02. The maximum absolute atomic E-state index is 13.0. The Morgan fingerprint density at radius 3 is 2.30 bits per heavy atom. The summed E-state index contributed by atoms with van der Waals surface area (Å²) in [5, 5.41) is 5.20. The standard InChI is InChI=1S/C23H30BN3O6/c1-6-12-32-17-10-8-16(9-11-17)13-19(25-14-33-24)21(28)27-20(15(3)4)22(29)26-18(7-2)23(30)31-5/h6-11,14-15,18-20H,1-2,12-13H2,3-5H3,(H,26,29)(H,27,28)/t18-,19-,20-/m0/s1. The van der Waals surface area contributed by atoms with Crippen molar-refractivity contribution < 1.29 is 28.5 Å². The first-order valence-electron chi connectivity index (χ1n) is 10.3. The van der Waals surface area contributed by atoms with Crippen molar-refractivity contribution in [3.8, 4) is 5.75 Å². The van der Waals surface area contributed by atoms with Crippen LogP contribution in [-0.2, 0) is 30.2 Å². The van der Waals surface area contributed by atoms with Crippen LogP contribution in [0, 0.1) is 5.92 Å². The predicted octanol–water partition coefficient (Wildman–Crippen LogP) is 1.28. The number of amides is 2. The van der Waals surface area contributed by atoms with Gasteiger partial charge in [0.2, 0.25) is 11.8 Å². The number of aliphatic imine (C=N–C) groups is 1. The highest BCUT2D eigenvalue weighted by Crippen LogP contribution is 2.15. The highest BCUT2D eigenvalue weighted by atomic mass is 16.5. The number of nitrogens with zero attached hydrogens (tertiary/aromatic N) is 1. The van der Waals surface area contributed by atoms with Crippen LogP contribution in [0.3, 0.4) is 0 Å². The van der Waals surface area contributed by atoms with Crippen LogP contribution in [0.25, 0.3) is 0 Å². The van der Waals surface area contributed by atoms with Gasteiger partial charge in [0, 0.05) is 6.42 Å². The van der Waals surface area contributed by atoms with Crippen molar-refractivity contribution in [2.24, 2.45) is 10.9 Å². The van der Waals surface area contributed by atoms with Gasteiger partial charge in [-0.2, -0.15) is 0 Å². The van der Waals surface area contributed by atoms with Crippen molar-refractivity contribution in [2.75, 3.05) is 13.7 Å². The molecule has 1 aromatic carbocycles. The fourth-order valence-corrected chi connectivity index (χ4v) is 2.79. The lowest BCUT2D eigenvalue weighted by molar-refractivity contribution is -0.144. The minimum absolute atomic E-state index is 0.220. The van der Waals surface area contributed by atoms with Crippen molar-refractivity contribution in [3.63, 3.8) is 0 Å². The number of hydrogen-bond donors (Lipinski definition) is 2. The molecule has 0 bridgehead atoms. The zero-order chi connectivity index (χ0) is 24.8. The van der Waals surface area contributed by atoms with Crippen LogP contribution < -0.4 is 15.4 Å². The minimum Gasteiger partial charge on any atom is -0.560 e. The van der Waals surface area contributed by atoms with E-state index in [1.54, 1.807) is 44.2 Å². The molecule has 0 unspecified atom stereocenters. The molecule has 2 N–H and O–H groups in total. The maximum atomic E-state index is 13.0. The number of carbonyl (C=O) groups excluding carboxylic acids is 3. The number of hydrogen-bond acceptors (Lipinski definition) is 7. The third-order valence-electron chi connectivity index (χ3n) is 4.56. The van der Waals surface area contributed by atoms with Gasteiger partial charge >= 0.3 is 14.0 Å². The summed E-state index contributed by atoms with van der Waals surface area (Å²) >= 11 is 0. The number of esters is 1. The van der Waals surface area contributed by atoms with Gasteiger partial charge in [0.25, 0.3) is 0 Å². The molecule has 33 heavy (non-hydrogen) atoms. The smallest absolute Gasteiger partial charge is 0.375 e. The van der Waals surface area contributed by atoms with Crippen molar-refractivity contribution in [3.05, 3.63) is 55.1 Å². The molecule has 0 aromatic heterocycles. The Labute approximate surface area is 195 Å². The molecule has 0 spiro atoms. The molecule has 0 saturated carbocycles. The van der Waals surface area contributed by atoms with E-state index in [1.165, 1.54) is 13.2 Å². The maximum Gasteiger partial charge on any atom is 0.375 e. The number of methoxy groups -OCH3 is 1. The van der Waals surface area contributed by atoms with Gasteiger partial charge in [-0.15, -0.1) is 6.58 Å². The van der Waals surface area contributed by atoms with Crippen molar-refractivity contribution in [1.29, 1.82) is 0 Å². The summed E-state index contributed by atoms with van der Waals surface area (Å²) in [4.78, 5) is 41.5. The van der Waals surface area contributed by atoms with Gasteiger partial charge in [-0.3, -0.25) is 9.59 Å². The van der Waals surface area contributed by atoms with Gasteiger partial charge in [0.05, 0.1) is 7.11 Å². The fraction of sp³-hybridized carbons (Fsp3) is 0.391. The Balaban J connectivity index is 2.96. The van der Waals surface area contributed by atoms with E-state index in [4.69, 9.17) is 12.8 Å². The number of carbonyl (C=O) groups is 3. The van der Waals surface area contributed by atoms with Gasteiger partial charge in [-0.05, 0) is 23.6 Å². The summed E-state index contributed by atoms with van der Waals surface area (Å²) in [6, 6.07) is 4.24. The molecular formula is C23H30BN3O6. The lowest BCUT2D eigenvalue weighted by atomic mass is 10.0. The van der Waals surface area contributed by atoms with E-state index in [0.717, 1.165) is 12.0 Å². The first-order valence-corrected chi connectivity index (χ1v) is 10.3. The van der Waals surface area contributed by atoms with E-state index in [2.05, 4.69) is 38.2 Å². The monoisotopic (exact) mass is 455 g/mol. The van der Waals surface area contributed by atoms with Gasteiger partial charge in [0.1, 0.15) is 30.5 Å². The van der Waals surface area contributed by atoms with E-state index in [-0.39, 0.29) is 12.3 Å². The predicted molar refractivity (Wildman–Crippen MR) is 126 cm³/mol.